The van der Waals surface area contributed by atoms with Gasteiger partial charge < -0.3 is 10.6 Å². The van der Waals surface area contributed by atoms with Crippen LogP contribution in [0.2, 0.25) is 5.02 Å². The lowest BCUT2D eigenvalue weighted by molar-refractivity contribution is 0.0401. The number of piperazine rings is 1. The van der Waals surface area contributed by atoms with Crippen LogP contribution in [0, 0.1) is 5.92 Å². The highest BCUT2D eigenvalue weighted by Gasteiger charge is 2.39. The third kappa shape index (κ3) is 3.27. The molecule has 122 valence electrons. The van der Waals surface area contributed by atoms with Crippen LogP contribution in [-0.2, 0) is 0 Å². The predicted octanol–water partition coefficient (Wildman–Crippen LogP) is 3.37. The van der Waals surface area contributed by atoms with E-state index >= 15 is 0 Å². The summed E-state index contributed by atoms with van der Waals surface area (Å²) in [6.45, 7) is 7.53. The van der Waals surface area contributed by atoms with E-state index < -0.39 is 0 Å². The van der Waals surface area contributed by atoms with Crippen LogP contribution in [0.3, 0.4) is 0 Å². The van der Waals surface area contributed by atoms with Gasteiger partial charge in [-0.2, -0.15) is 0 Å². The standard InChI is InChI=1S/C18H28ClN3/c1-15-5-7-18(14-20,8-6-15)22-11-9-21(10-12-22)17-4-2-3-16(19)13-17/h2-4,13,15H,5-12,14,20H2,1H3. The molecule has 0 unspecified atom stereocenters. The second-order valence-corrected chi connectivity index (χ2v) is 7.50. The van der Waals surface area contributed by atoms with Crippen LogP contribution >= 0.6 is 11.6 Å². The van der Waals surface area contributed by atoms with Crippen molar-refractivity contribution in [2.75, 3.05) is 37.6 Å². The molecule has 0 spiro atoms. The quantitative estimate of drug-likeness (QED) is 0.926. The fourth-order valence-corrected chi connectivity index (χ4v) is 4.25. The number of hydrogen-bond acceptors (Lipinski definition) is 3. The van der Waals surface area contributed by atoms with Gasteiger partial charge in [0.15, 0.2) is 0 Å². The lowest BCUT2D eigenvalue weighted by atomic mass is 9.75. The van der Waals surface area contributed by atoms with Gasteiger partial charge in [-0.3, -0.25) is 4.90 Å². The molecule has 2 N–H and O–H groups in total. The van der Waals surface area contributed by atoms with Crippen molar-refractivity contribution in [2.45, 2.75) is 38.1 Å². The molecule has 0 bridgehead atoms. The molecular weight excluding hydrogens is 294 g/mol. The molecule has 1 aliphatic carbocycles. The number of benzene rings is 1. The molecule has 1 aromatic rings. The summed E-state index contributed by atoms with van der Waals surface area (Å²) in [6, 6.07) is 8.20. The van der Waals surface area contributed by atoms with Crippen LogP contribution < -0.4 is 10.6 Å². The largest absolute Gasteiger partial charge is 0.369 e. The van der Waals surface area contributed by atoms with Crippen molar-refractivity contribution >= 4 is 17.3 Å². The number of halogens is 1. The molecule has 4 heteroatoms. The second kappa shape index (κ2) is 6.77. The normalized spacial score (nSPS) is 30.5. The Bertz CT molecular complexity index is 489. The second-order valence-electron chi connectivity index (χ2n) is 7.06. The average Bonchev–Trinajstić information content (AvgIpc) is 2.56. The number of nitrogens with zero attached hydrogens (tertiary/aromatic N) is 2. The van der Waals surface area contributed by atoms with Gasteiger partial charge in [0.25, 0.3) is 0 Å². The van der Waals surface area contributed by atoms with Crippen LogP contribution in [0.4, 0.5) is 5.69 Å². The SMILES string of the molecule is CC1CCC(CN)(N2CCN(c3cccc(Cl)c3)CC2)CC1. The molecule has 0 aromatic heterocycles. The maximum atomic E-state index is 6.21. The molecule has 0 amide bonds. The highest BCUT2D eigenvalue weighted by Crippen LogP contribution is 2.36. The van der Waals surface area contributed by atoms with Gasteiger partial charge in [-0.25, -0.2) is 0 Å². The lowest BCUT2D eigenvalue weighted by Crippen LogP contribution is -2.61. The van der Waals surface area contributed by atoms with E-state index in [1.54, 1.807) is 0 Å². The molecule has 2 aliphatic rings. The molecule has 1 saturated heterocycles. The summed E-state index contributed by atoms with van der Waals surface area (Å²) in [7, 11) is 0. The van der Waals surface area contributed by atoms with Gasteiger partial charge in [0, 0.05) is 49.0 Å². The molecule has 1 aromatic carbocycles. The van der Waals surface area contributed by atoms with E-state index in [0.717, 1.165) is 43.7 Å². The molecule has 1 aliphatic heterocycles. The minimum absolute atomic E-state index is 0.257. The van der Waals surface area contributed by atoms with Crippen molar-refractivity contribution in [3.63, 3.8) is 0 Å². The Kier molecular flexibility index (Phi) is 4.96. The Morgan fingerprint density at radius 1 is 1.18 bits per heavy atom. The summed E-state index contributed by atoms with van der Waals surface area (Å²) < 4.78 is 0. The Labute approximate surface area is 139 Å². The zero-order valence-corrected chi connectivity index (χ0v) is 14.4. The third-order valence-electron chi connectivity index (χ3n) is 5.71. The third-order valence-corrected chi connectivity index (χ3v) is 5.94. The van der Waals surface area contributed by atoms with Gasteiger partial charge in [-0.1, -0.05) is 24.6 Å². The van der Waals surface area contributed by atoms with Gasteiger partial charge in [0.05, 0.1) is 0 Å². The maximum Gasteiger partial charge on any atom is 0.0426 e. The van der Waals surface area contributed by atoms with Gasteiger partial charge >= 0.3 is 0 Å². The molecule has 2 fully saturated rings. The molecule has 1 heterocycles. The number of rotatable bonds is 3. The molecule has 1 saturated carbocycles. The van der Waals surface area contributed by atoms with Gasteiger partial charge in [-0.05, 0) is 49.8 Å². The Hall–Kier alpha value is -0.770. The number of nitrogens with two attached hydrogens (primary N) is 1. The van der Waals surface area contributed by atoms with Crippen molar-refractivity contribution in [3.8, 4) is 0 Å². The monoisotopic (exact) mass is 321 g/mol. The van der Waals surface area contributed by atoms with E-state index in [1.807, 2.05) is 12.1 Å². The topological polar surface area (TPSA) is 32.5 Å². The Balaban J connectivity index is 1.63. The van der Waals surface area contributed by atoms with E-state index in [9.17, 15) is 0 Å². The highest BCUT2D eigenvalue weighted by molar-refractivity contribution is 6.30. The summed E-state index contributed by atoms with van der Waals surface area (Å²) in [6.07, 6.45) is 5.18. The van der Waals surface area contributed by atoms with Crippen LogP contribution in [0.5, 0.6) is 0 Å². The van der Waals surface area contributed by atoms with Gasteiger partial charge in [0.1, 0.15) is 0 Å². The van der Waals surface area contributed by atoms with Crippen molar-refractivity contribution in [1.29, 1.82) is 0 Å². The first kappa shape index (κ1) is 16.1. The zero-order chi connectivity index (χ0) is 15.6. The van der Waals surface area contributed by atoms with E-state index in [1.165, 1.54) is 31.4 Å². The maximum absolute atomic E-state index is 6.21. The predicted molar refractivity (Wildman–Crippen MR) is 94.7 cm³/mol. The first-order chi connectivity index (χ1) is 10.6. The van der Waals surface area contributed by atoms with E-state index in [-0.39, 0.29) is 5.54 Å². The molecule has 3 nitrogen and oxygen atoms in total. The van der Waals surface area contributed by atoms with E-state index in [2.05, 4.69) is 28.9 Å². The fourth-order valence-electron chi connectivity index (χ4n) is 4.06. The zero-order valence-electron chi connectivity index (χ0n) is 13.6. The van der Waals surface area contributed by atoms with Crippen molar-refractivity contribution in [2.24, 2.45) is 11.7 Å². The minimum Gasteiger partial charge on any atom is -0.369 e. The molecule has 0 radical (unpaired) electrons. The summed E-state index contributed by atoms with van der Waals surface area (Å²) >= 11 is 6.12. The van der Waals surface area contributed by atoms with Crippen molar-refractivity contribution < 1.29 is 0 Å². The van der Waals surface area contributed by atoms with Crippen LogP contribution in [0.1, 0.15) is 32.6 Å². The lowest BCUT2D eigenvalue weighted by Gasteiger charge is -2.50. The first-order valence-electron chi connectivity index (χ1n) is 8.59. The minimum atomic E-state index is 0.257. The van der Waals surface area contributed by atoms with Gasteiger partial charge in [-0.15, -0.1) is 0 Å². The summed E-state index contributed by atoms with van der Waals surface area (Å²) in [5, 5.41) is 0.819. The number of hydrogen-bond donors (Lipinski definition) is 1. The first-order valence-corrected chi connectivity index (χ1v) is 8.96. The number of anilines is 1. The van der Waals surface area contributed by atoms with Gasteiger partial charge in [0.2, 0.25) is 0 Å². The Morgan fingerprint density at radius 2 is 1.86 bits per heavy atom. The molecule has 0 atom stereocenters. The molecular formula is C18H28ClN3. The van der Waals surface area contributed by atoms with E-state index in [4.69, 9.17) is 17.3 Å². The van der Waals surface area contributed by atoms with Crippen molar-refractivity contribution in [3.05, 3.63) is 29.3 Å². The summed E-state index contributed by atoms with van der Waals surface area (Å²) in [5.41, 5.74) is 7.71. The molecule has 3 rings (SSSR count). The smallest absolute Gasteiger partial charge is 0.0426 e. The average molecular weight is 322 g/mol. The van der Waals surface area contributed by atoms with Crippen LogP contribution in [0.15, 0.2) is 24.3 Å². The molecule has 22 heavy (non-hydrogen) atoms. The summed E-state index contributed by atoms with van der Waals surface area (Å²) in [5.74, 6) is 0.868. The Morgan fingerprint density at radius 3 is 2.45 bits per heavy atom. The van der Waals surface area contributed by atoms with Crippen LogP contribution in [-0.4, -0.2) is 43.2 Å². The van der Waals surface area contributed by atoms with E-state index in [0.29, 0.717) is 0 Å². The summed E-state index contributed by atoms with van der Waals surface area (Å²) in [4.78, 5) is 5.11. The van der Waals surface area contributed by atoms with Crippen molar-refractivity contribution in [1.82, 2.24) is 4.90 Å². The highest BCUT2D eigenvalue weighted by atomic mass is 35.5. The fraction of sp³-hybridized carbons (Fsp3) is 0.667. The van der Waals surface area contributed by atoms with Crippen LogP contribution in [0.25, 0.3) is 0 Å².